The van der Waals surface area contributed by atoms with Gasteiger partial charge in [-0.1, -0.05) is 72.4 Å². The zero-order valence-electron chi connectivity index (χ0n) is 14.7. The number of benzene rings is 2. The van der Waals surface area contributed by atoms with Gasteiger partial charge < -0.3 is 15.2 Å². The first kappa shape index (κ1) is 22.4. The molecule has 0 saturated carbocycles. The Kier molecular flexibility index (Phi) is 9.65. The number of hydrogen-bond acceptors (Lipinski definition) is 5. The number of aliphatic carboxylic acids is 1. The van der Waals surface area contributed by atoms with Crippen LogP contribution in [0.5, 0.6) is 0 Å². The van der Waals surface area contributed by atoms with Gasteiger partial charge in [-0.25, -0.2) is 0 Å². The van der Waals surface area contributed by atoms with E-state index in [1.165, 1.54) is 6.92 Å². The molecule has 0 heterocycles. The third kappa shape index (κ3) is 6.96. The molecule has 2 aromatic rings. The Bertz CT molecular complexity index is 740. The van der Waals surface area contributed by atoms with E-state index in [-0.39, 0.29) is 41.9 Å². The van der Waals surface area contributed by atoms with Gasteiger partial charge in [-0.2, -0.15) is 0 Å². The molecule has 0 radical (unpaired) electrons. The second-order valence-corrected chi connectivity index (χ2v) is 6.61. The number of thioether (sulfide) groups is 1. The molecule has 1 unspecified atom stereocenters. The number of carboxylic acid groups (broad SMARTS) is 1. The smallest absolute Gasteiger partial charge is 0.549 e. The zero-order chi connectivity index (χ0) is 18.2. The van der Waals surface area contributed by atoms with E-state index in [2.05, 4.69) is 5.32 Å². The molecule has 1 amide bonds. The van der Waals surface area contributed by atoms with Gasteiger partial charge in [-0.15, -0.1) is 0 Å². The summed E-state index contributed by atoms with van der Waals surface area (Å²) >= 11 is 0.647. The summed E-state index contributed by atoms with van der Waals surface area (Å²) in [6.07, 6.45) is 0.158. The van der Waals surface area contributed by atoms with Crippen LogP contribution in [0.4, 0.5) is 0 Å². The van der Waals surface area contributed by atoms with Crippen LogP contribution in [0.15, 0.2) is 60.7 Å². The molecule has 26 heavy (non-hydrogen) atoms. The molecule has 130 valence electrons. The van der Waals surface area contributed by atoms with Gasteiger partial charge in [0, 0.05) is 0 Å². The standard InChI is InChI=1S/C19H19NO4S.Na/c1-13(20-16(21)12-14-8-4-2-5-9-14)19(24)25-17(18(22)23)15-10-6-3-7-11-15;/h2-11,13,17H,12H2,1H3,(H,20,21)(H,22,23);/q;+1/p-1/t13-,17?;/m0./s1. The minimum absolute atomic E-state index is 0. The number of nitrogens with one attached hydrogen (secondary N) is 1. The van der Waals surface area contributed by atoms with Gasteiger partial charge in [0.2, 0.25) is 11.0 Å². The molecule has 0 saturated heterocycles. The fourth-order valence-corrected chi connectivity index (χ4v) is 3.12. The van der Waals surface area contributed by atoms with E-state index in [0.29, 0.717) is 17.3 Å². The van der Waals surface area contributed by atoms with Crippen molar-refractivity contribution in [3.05, 3.63) is 71.8 Å². The molecule has 5 nitrogen and oxygen atoms in total. The Hall–Kier alpha value is -1.60. The van der Waals surface area contributed by atoms with Gasteiger partial charge in [0.1, 0.15) is 0 Å². The average Bonchev–Trinajstić information content (AvgIpc) is 2.60. The Morgan fingerprint density at radius 1 is 1.00 bits per heavy atom. The molecule has 0 aliphatic rings. The summed E-state index contributed by atoms with van der Waals surface area (Å²) in [6.45, 7) is 1.54. The predicted molar refractivity (Wildman–Crippen MR) is 94.5 cm³/mol. The predicted octanol–water partition coefficient (Wildman–Crippen LogP) is -1.51. The molecule has 7 heteroatoms. The van der Waals surface area contributed by atoms with Crippen molar-refractivity contribution in [2.24, 2.45) is 0 Å². The largest absolute Gasteiger partial charge is 1.00 e. The quantitative estimate of drug-likeness (QED) is 0.591. The maximum Gasteiger partial charge on any atom is 1.00 e. The van der Waals surface area contributed by atoms with Crippen LogP contribution in [0.25, 0.3) is 0 Å². The molecular weight excluding hydrogens is 361 g/mol. The fraction of sp³-hybridized carbons (Fsp3) is 0.211. The van der Waals surface area contributed by atoms with Crippen LogP contribution in [-0.2, 0) is 20.8 Å². The Morgan fingerprint density at radius 2 is 1.54 bits per heavy atom. The van der Waals surface area contributed by atoms with Crippen molar-refractivity contribution in [3.63, 3.8) is 0 Å². The van der Waals surface area contributed by atoms with Crippen LogP contribution in [-0.4, -0.2) is 23.0 Å². The van der Waals surface area contributed by atoms with Crippen LogP contribution in [0.3, 0.4) is 0 Å². The summed E-state index contributed by atoms with van der Waals surface area (Å²) in [6, 6.07) is 16.8. The molecule has 0 spiro atoms. The molecule has 0 bridgehead atoms. The summed E-state index contributed by atoms with van der Waals surface area (Å²) in [5.74, 6) is -1.63. The van der Waals surface area contributed by atoms with E-state index in [9.17, 15) is 19.5 Å². The summed E-state index contributed by atoms with van der Waals surface area (Å²) in [7, 11) is 0. The molecule has 2 aromatic carbocycles. The maximum atomic E-state index is 12.3. The van der Waals surface area contributed by atoms with Gasteiger partial charge in [-0.05, 0) is 18.1 Å². The van der Waals surface area contributed by atoms with Crippen molar-refractivity contribution < 1.29 is 49.0 Å². The van der Waals surface area contributed by atoms with Crippen LogP contribution >= 0.6 is 11.8 Å². The number of rotatable bonds is 7. The monoisotopic (exact) mass is 379 g/mol. The molecule has 0 fully saturated rings. The topological polar surface area (TPSA) is 86.3 Å². The van der Waals surface area contributed by atoms with E-state index in [0.717, 1.165) is 5.56 Å². The van der Waals surface area contributed by atoms with Gasteiger partial charge >= 0.3 is 29.6 Å². The van der Waals surface area contributed by atoms with Gasteiger partial charge in [0.25, 0.3) is 0 Å². The molecule has 0 aromatic heterocycles. The third-order valence-corrected chi connectivity index (χ3v) is 4.78. The van der Waals surface area contributed by atoms with E-state index in [1.807, 2.05) is 30.3 Å². The number of carbonyl (C=O) groups is 3. The van der Waals surface area contributed by atoms with Gasteiger partial charge in [0.05, 0.1) is 23.7 Å². The van der Waals surface area contributed by atoms with E-state index >= 15 is 0 Å². The molecular formula is C19H18NNaO4S. The maximum absolute atomic E-state index is 12.3. The summed E-state index contributed by atoms with van der Waals surface area (Å²) < 4.78 is 0. The third-order valence-electron chi connectivity index (χ3n) is 3.49. The van der Waals surface area contributed by atoms with E-state index in [1.54, 1.807) is 30.3 Å². The Balaban J connectivity index is 0.00000338. The molecule has 1 N–H and O–H groups in total. The fourth-order valence-electron chi connectivity index (χ4n) is 2.23. The first-order valence-electron chi connectivity index (χ1n) is 7.77. The minimum Gasteiger partial charge on any atom is -0.549 e. The molecule has 0 aliphatic heterocycles. The second kappa shape index (κ2) is 11.2. The molecule has 0 aliphatic carbocycles. The molecule has 2 rings (SSSR count). The normalized spacial score (nSPS) is 12.3. The second-order valence-electron chi connectivity index (χ2n) is 5.50. The van der Waals surface area contributed by atoms with Crippen LogP contribution in [0.1, 0.15) is 23.3 Å². The number of amides is 1. The summed E-state index contributed by atoms with van der Waals surface area (Å²) in [5, 5.41) is 12.4. The van der Waals surface area contributed by atoms with Crippen molar-refractivity contribution in [1.82, 2.24) is 5.32 Å². The van der Waals surface area contributed by atoms with Crippen LogP contribution in [0.2, 0.25) is 0 Å². The average molecular weight is 379 g/mol. The van der Waals surface area contributed by atoms with Gasteiger partial charge in [0.15, 0.2) is 0 Å². The van der Waals surface area contributed by atoms with E-state index < -0.39 is 22.4 Å². The van der Waals surface area contributed by atoms with Crippen LogP contribution in [0, 0.1) is 0 Å². The van der Waals surface area contributed by atoms with Crippen molar-refractivity contribution in [1.29, 1.82) is 0 Å². The van der Waals surface area contributed by atoms with Crippen LogP contribution < -0.4 is 40.0 Å². The van der Waals surface area contributed by atoms with Crippen molar-refractivity contribution >= 4 is 28.8 Å². The van der Waals surface area contributed by atoms with Gasteiger partial charge in [-0.3, -0.25) is 9.59 Å². The number of carboxylic acids is 1. The van der Waals surface area contributed by atoms with E-state index in [4.69, 9.17) is 0 Å². The zero-order valence-corrected chi connectivity index (χ0v) is 17.5. The van der Waals surface area contributed by atoms with Crippen molar-refractivity contribution in [2.45, 2.75) is 24.6 Å². The number of hydrogen-bond donors (Lipinski definition) is 1. The SMILES string of the molecule is C[C@H](NC(=O)Cc1ccccc1)C(=O)SC(C(=O)[O-])c1ccccc1.[Na+]. The minimum atomic E-state index is -1.34. The summed E-state index contributed by atoms with van der Waals surface area (Å²) in [4.78, 5) is 35.6. The first-order chi connectivity index (χ1) is 12.0. The molecule has 2 atom stereocenters. The Morgan fingerprint density at radius 3 is 2.08 bits per heavy atom. The van der Waals surface area contributed by atoms with Crippen molar-refractivity contribution in [3.8, 4) is 0 Å². The van der Waals surface area contributed by atoms with Crippen molar-refractivity contribution in [2.75, 3.05) is 0 Å². The summed E-state index contributed by atoms with van der Waals surface area (Å²) in [5.41, 5.74) is 1.31. The number of carbonyl (C=O) groups excluding carboxylic acids is 3. The Labute approximate surface area is 178 Å². The first-order valence-corrected chi connectivity index (χ1v) is 8.65.